The van der Waals surface area contributed by atoms with E-state index in [1.165, 1.54) is 7.11 Å². The van der Waals surface area contributed by atoms with Gasteiger partial charge in [0.2, 0.25) is 0 Å². The van der Waals surface area contributed by atoms with E-state index < -0.39 is 0 Å². The number of hydrogen-bond acceptors (Lipinski definition) is 6. The van der Waals surface area contributed by atoms with E-state index in [4.69, 9.17) is 21.1 Å². The van der Waals surface area contributed by atoms with Crippen LogP contribution in [-0.4, -0.2) is 36.1 Å². The summed E-state index contributed by atoms with van der Waals surface area (Å²) in [4.78, 5) is 23.0. The minimum atomic E-state index is -0.200. The van der Waals surface area contributed by atoms with Crippen molar-refractivity contribution in [2.45, 2.75) is 13.1 Å². The van der Waals surface area contributed by atoms with Crippen LogP contribution in [0.3, 0.4) is 0 Å². The van der Waals surface area contributed by atoms with Crippen LogP contribution < -0.4 is 15.0 Å². The molecule has 0 spiro atoms. The molecule has 3 rings (SSSR count). The molecule has 1 N–H and O–H groups in total. The Labute approximate surface area is 154 Å². The summed E-state index contributed by atoms with van der Waals surface area (Å²) in [5.74, 6) is 1.64. The van der Waals surface area contributed by atoms with Gasteiger partial charge in [-0.25, -0.2) is 4.98 Å². The van der Waals surface area contributed by atoms with Crippen molar-refractivity contribution < 1.29 is 9.47 Å². The third kappa shape index (κ3) is 3.95. The van der Waals surface area contributed by atoms with Crippen molar-refractivity contribution in [2.75, 3.05) is 21.3 Å². The predicted molar refractivity (Wildman–Crippen MR) is 100.0 cm³/mol. The number of rotatable bonds is 6. The summed E-state index contributed by atoms with van der Waals surface area (Å²) in [5.41, 5.74) is 0.373. The molecule has 0 fully saturated rings. The SMILES string of the molecule is COc1cc2nc(CN(C)Cc3ccc(Cl)s3)[nH]c(=O)c2cc1OC. The van der Waals surface area contributed by atoms with Gasteiger partial charge in [0.1, 0.15) is 5.82 Å². The van der Waals surface area contributed by atoms with Gasteiger partial charge in [0.15, 0.2) is 11.5 Å². The lowest BCUT2D eigenvalue weighted by atomic mass is 10.2. The number of ether oxygens (including phenoxy) is 2. The molecule has 0 unspecified atom stereocenters. The van der Waals surface area contributed by atoms with Gasteiger partial charge >= 0.3 is 0 Å². The molecule has 0 amide bonds. The highest BCUT2D eigenvalue weighted by molar-refractivity contribution is 7.16. The van der Waals surface area contributed by atoms with Gasteiger partial charge in [-0.3, -0.25) is 9.69 Å². The third-order valence-corrected chi connectivity index (χ3v) is 4.95. The summed E-state index contributed by atoms with van der Waals surface area (Å²) in [5, 5.41) is 0.467. The molecule has 25 heavy (non-hydrogen) atoms. The van der Waals surface area contributed by atoms with Crippen molar-refractivity contribution in [1.82, 2.24) is 14.9 Å². The Balaban J connectivity index is 1.88. The van der Waals surface area contributed by atoms with Gasteiger partial charge in [0.25, 0.3) is 5.56 Å². The Hall–Kier alpha value is -2.09. The van der Waals surface area contributed by atoms with E-state index in [-0.39, 0.29) is 5.56 Å². The highest BCUT2D eigenvalue weighted by Crippen LogP contribution is 2.30. The second-order valence-electron chi connectivity index (χ2n) is 5.62. The molecule has 0 saturated carbocycles. The fraction of sp³-hybridized carbons (Fsp3) is 0.294. The maximum atomic E-state index is 12.4. The summed E-state index contributed by atoms with van der Waals surface area (Å²) in [7, 11) is 5.05. The second kappa shape index (κ2) is 7.43. The smallest absolute Gasteiger partial charge is 0.258 e. The Kier molecular flexibility index (Phi) is 5.27. The standard InChI is InChI=1S/C17H18ClN3O3S/c1-21(8-10-4-5-15(18)25-10)9-16-19-12-7-14(24-3)13(23-2)6-11(12)17(22)20-16/h4-7H,8-9H2,1-3H3,(H,19,20,22). The zero-order valence-corrected chi connectivity index (χ0v) is 15.7. The first-order valence-electron chi connectivity index (χ1n) is 7.58. The lowest BCUT2D eigenvalue weighted by Crippen LogP contribution is -2.21. The molecular weight excluding hydrogens is 362 g/mol. The lowest BCUT2D eigenvalue weighted by Gasteiger charge is -2.15. The number of benzene rings is 1. The average molecular weight is 380 g/mol. The van der Waals surface area contributed by atoms with Crippen LogP contribution in [0, 0.1) is 0 Å². The fourth-order valence-corrected chi connectivity index (χ4v) is 3.77. The number of nitrogens with zero attached hydrogens (tertiary/aromatic N) is 2. The molecular formula is C17H18ClN3O3S. The molecule has 0 aliphatic carbocycles. The minimum absolute atomic E-state index is 0.200. The van der Waals surface area contributed by atoms with E-state index in [2.05, 4.69) is 14.9 Å². The number of thiophene rings is 1. The largest absolute Gasteiger partial charge is 0.493 e. The monoisotopic (exact) mass is 379 g/mol. The van der Waals surface area contributed by atoms with E-state index in [0.29, 0.717) is 34.8 Å². The fourth-order valence-electron chi connectivity index (χ4n) is 2.60. The van der Waals surface area contributed by atoms with Gasteiger partial charge in [-0.1, -0.05) is 11.6 Å². The molecule has 0 bridgehead atoms. The molecule has 2 aromatic heterocycles. The van der Waals surface area contributed by atoms with Crippen molar-refractivity contribution in [1.29, 1.82) is 0 Å². The van der Waals surface area contributed by atoms with Crippen LogP contribution in [0.15, 0.2) is 29.1 Å². The highest BCUT2D eigenvalue weighted by Gasteiger charge is 2.12. The lowest BCUT2D eigenvalue weighted by molar-refractivity contribution is 0.313. The van der Waals surface area contributed by atoms with Gasteiger partial charge < -0.3 is 14.5 Å². The highest BCUT2D eigenvalue weighted by atomic mass is 35.5. The minimum Gasteiger partial charge on any atom is -0.493 e. The first-order valence-corrected chi connectivity index (χ1v) is 8.77. The predicted octanol–water partition coefficient (Wildman–Crippen LogP) is 3.29. The van der Waals surface area contributed by atoms with E-state index in [1.54, 1.807) is 30.6 Å². The number of nitrogens with one attached hydrogen (secondary N) is 1. The van der Waals surface area contributed by atoms with Gasteiger partial charge in [-0.15, -0.1) is 11.3 Å². The Bertz CT molecular complexity index is 954. The van der Waals surface area contributed by atoms with Crippen molar-refractivity contribution in [3.8, 4) is 11.5 Å². The number of fused-ring (bicyclic) bond motifs is 1. The Morgan fingerprint density at radius 1 is 1.20 bits per heavy atom. The average Bonchev–Trinajstić information content (AvgIpc) is 2.98. The number of halogens is 1. The molecule has 0 aliphatic heterocycles. The summed E-state index contributed by atoms with van der Waals surface area (Å²) in [6.07, 6.45) is 0. The molecule has 0 aliphatic rings. The number of aromatic nitrogens is 2. The maximum absolute atomic E-state index is 12.4. The molecule has 0 radical (unpaired) electrons. The van der Waals surface area contributed by atoms with Gasteiger partial charge in [-0.05, 0) is 25.2 Å². The summed E-state index contributed by atoms with van der Waals surface area (Å²) >= 11 is 7.50. The number of methoxy groups -OCH3 is 2. The molecule has 3 aromatic rings. The van der Waals surface area contributed by atoms with Crippen molar-refractivity contribution in [2.24, 2.45) is 0 Å². The quantitative estimate of drug-likeness (QED) is 0.711. The number of aromatic amines is 1. The van der Waals surface area contributed by atoms with Crippen LogP contribution in [0.1, 0.15) is 10.7 Å². The molecule has 0 atom stereocenters. The summed E-state index contributed by atoms with van der Waals surface area (Å²) in [6.45, 7) is 1.24. The molecule has 0 saturated heterocycles. The molecule has 2 heterocycles. The third-order valence-electron chi connectivity index (χ3n) is 3.73. The molecule has 1 aromatic carbocycles. The molecule has 132 valence electrons. The first-order chi connectivity index (χ1) is 12.0. The van der Waals surface area contributed by atoms with Crippen molar-refractivity contribution >= 4 is 33.8 Å². The normalized spacial score (nSPS) is 11.2. The summed E-state index contributed by atoms with van der Waals surface area (Å²) in [6, 6.07) is 7.23. The van der Waals surface area contributed by atoms with E-state index in [0.717, 1.165) is 15.8 Å². The van der Waals surface area contributed by atoms with Crippen molar-refractivity contribution in [3.05, 3.63) is 49.7 Å². The molecule has 8 heteroatoms. The van der Waals surface area contributed by atoms with Crippen LogP contribution >= 0.6 is 22.9 Å². The van der Waals surface area contributed by atoms with Crippen LogP contribution in [0.5, 0.6) is 11.5 Å². The summed E-state index contributed by atoms with van der Waals surface area (Å²) < 4.78 is 11.3. The Morgan fingerprint density at radius 2 is 1.92 bits per heavy atom. The van der Waals surface area contributed by atoms with E-state index >= 15 is 0 Å². The van der Waals surface area contributed by atoms with Crippen LogP contribution in [0.25, 0.3) is 10.9 Å². The van der Waals surface area contributed by atoms with Gasteiger partial charge in [0.05, 0.1) is 36.0 Å². The van der Waals surface area contributed by atoms with Gasteiger partial charge in [-0.2, -0.15) is 0 Å². The second-order valence-corrected chi connectivity index (χ2v) is 7.41. The van der Waals surface area contributed by atoms with Crippen LogP contribution in [-0.2, 0) is 13.1 Å². The van der Waals surface area contributed by atoms with E-state index in [9.17, 15) is 4.79 Å². The van der Waals surface area contributed by atoms with Crippen LogP contribution in [0.2, 0.25) is 4.34 Å². The Morgan fingerprint density at radius 3 is 2.56 bits per heavy atom. The zero-order chi connectivity index (χ0) is 18.0. The number of H-pyrrole nitrogens is 1. The number of hydrogen-bond donors (Lipinski definition) is 1. The van der Waals surface area contributed by atoms with Gasteiger partial charge in [0, 0.05) is 17.5 Å². The van der Waals surface area contributed by atoms with Crippen molar-refractivity contribution in [3.63, 3.8) is 0 Å². The zero-order valence-electron chi connectivity index (χ0n) is 14.1. The maximum Gasteiger partial charge on any atom is 0.258 e. The van der Waals surface area contributed by atoms with E-state index in [1.807, 2.05) is 19.2 Å². The molecule has 6 nitrogen and oxygen atoms in total. The first kappa shape index (κ1) is 17.7. The topological polar surface area (TPSA) is 67.5 Å². The van der Waals surface area contributed by atoms with Crippen LogP contribution in [0.4, 0.5) is 0 Å².